The SMILES string of the molecule is O=C(/C=C/c1ccc2c(c1)OCO2)Nc1ccccc1C(=O)O. The van der Waals surface area contributed by atoms with Crippen LogP contribution in [0.15, 0.2) is 48.5 Å². The van der Waals surface area contributed by atoms with Crippen molar-refractivity contribution < 1.29 is 24.2 Å². The molecule has 0 saturated carbocycles. The second kappa shape index (κ2) is 6.23. The number of rotatable bonds is 4. The summed E-state index contributed by atoms with van der Waals surface area (Å²) >= 11 is 0. The molecule has 2 aromatic rings. The topological polar surface area (TPSA) is 84.9 Å². The molecule has 0 atom stereocenters. The summed E-state index contributed by atoms with van der Waals surface area (Å²) in [6.45, 7) is 0.189. The van der Waals surface area contributed by atoms with Crippen LogP contribution in [-0.2, 0) is 4.79 Å². The van der Waals surface area contributed by atoms with Crippen molar-refractivity contribution in [2.45, 2.75) is 0 Å². The average molecular weight is 311 g/mol. The largest absolute Gasteiger partial charge is 0.478 e. The molecule has 0 saturated heterocycles. The lowest BCUT2D eigenvalue weighted by molar-refractivity contribution is -0.111. The van der Waals surface area contributed by atoms with Crippen molar-refractivity contribution in [2.75, 3.05) is 12.1 Å². The van der Waals surface area contributed by atoms with Crippen LogP contribution >= 0.6 is 0 Å². The third-order valence-corrected chi connectivity index (χ3v) is 3.24. The monoisotopic (exact) mass is 311 g/mol. The van der Waals surface area contributed by atoms with Gasteiger partial charge in [-0.3, -0.25) is 4.79 Å². The first-order valence-corrected chi connectivity index (χ1v) is 6.84. The summed E-state index contributed by atoms with van der Waals surface area (Å²) in [4.78, 5) is 23.0. The van der Waals surface area contributed by atoms with Crippen LogP contribution in [0, 0.1) is 0 Å². The highest BCUT2D eigenvalue weighted by atomic mass is 16.7. The second-order valence-corrected chi connectivity index (χ2v) is 4.79. The first kappa shape index (κ1) is 14.6. The van der Waals surface area contributed by atoms with E-state index in [0.29, 0.717) is 11.5 Å². The van der Waals surface area contributed by atoms with Gasteiger partial charge in [-0.05, 0) is 35.9 Å². The molecule has 1 aliphatic rings. The first-order valence-electron chi connectivity index (χ1n) is 6.84. The zero-order valence-electron chi connectivity index (χ0n) is 12.0. The number of para-hydroxylation sites is 1. The fourth-order valence-electron chi connectivity index (χ4n) is 2.14. The van der Waals surface area contributed by atoms with Crippen molar-refractivity contribution in [1.82, 2.24) is 0 Å². The van der Waals surface area contributed by atoms with Gasteiger partial charge in [0.1, 0.15) is 0 Å². The normalized spacial score (nSPS) is 12.3. The molecule has 116 valence electrons. The molecule has 1 aliphatic heterocycles. The summed E-state index contributed by atoms with van der Waals surface area (Å²) in [5.74, 6) is -0.220. The zero-order valence-corrected chi connectivity index (χ0v) is 12.0. The lowest BCUT2D eigenvalue weighted by atomic mass is 10.1. The van der Waals surface area contributed by atoms with Gasteiger partial charge < -0.3 is 19.9 Å². The molecule has 0 spiro atoms. The summed E-state index contributed by atoms with van der Waals surface area (Å²) in [7, 11) is 0. The Morgan fingerprint density at radius 1 is 1.09 bits per heavy atom. The lowest BCUT2D eigenvalue weighted by Crippen LogP contribution is -2.11. The fourth-order valence-corrected chi connectivity index (χ4v) is 2.14. The molecule has 0 radical (unpaired) electrons. The lowest BCUT2D eigenvalue weighted by Gasteiger charge is -2.05. The molecule has 1 amide bonds. The number of hydrogen-bond acceptors (Lipinski definition) is 4. The van der Waals surface area contributed by atoms with Crippen molar-refractivity contribution in [3.05, 3.63) is 59.7 Å². The summed E-state index contributed by atoms with van der Waals surface area (Å²) in [6.07, 6.45) is 2.94. The molecule has 0 bridgehead atoms. The van der Waals surface area contributed by atoms with E-state index in [2.05, 4.69) is 5.32 Å². The number of carboxylic acids is 1. The zero-order chi connectivity index (χ0) is 16.2. The molecule has 23 heavy (non-hydrogen) atoms. The number of benzene rings is 2. The van der Waals surface area contributed by atoms with Gasteiger partial charge in [0, 0.05) is 6.08 Å². The molecule has 2 aromatic carbocycles. The van der Waals surface area contributed by atoms with Crippen LogP contribution in [0.4, 0.5) is 5.69 Å². The molecule has 0 fully saturated rings. The second-order valence-electron chi connectivity index (χ2n) is 4.79. The Hall–Kier alpha value is -3.28. The average Bonchev–Trinajstić information content (AvgIpc) is 3.01. The van der Waals surface area contributed by atoms with Crippen LogP contribution in [-0.4, -0.2) is 23.8 Å². The van der Waals surface area contributed by atoms with Gasteiger partial charge in [0.2, 0.25) is 12.7 Å². The molecule has 0 aliphatic carbocycles. The maximum Gasteiger partial charge on any atom is 0.337 e. The molecule has 6 nitrogen and oxygen atoms in total. The molecule has 1 heterocycles. The Kier molecular flexibility index (Phi) is 3.97. The van der Waals surface area contributed by atoms with Gasteiger partial charge in [0.05, 0.1) is 11.3 Å². The van der Waals surface area contributed by atoms with Gasteiger partial charge in [-0.1, -0.05) is 18.2 Å². The van der Waals surface area contributed by atoms with Gasteiger partial charge in [0.25, 0.3) is 0 Å². The van der Waals surface area contributed by atoms with Crippen molar-refractivity contribution in [1.29, 1.82) is 0 Å². The molecule has 3 rings (SSSR count). The van der Waals surface area contributed by atoms with Crippen LogP contribution in [0.3, 0.4) is 0 Å². The highest BCUT2D eigenvalue weighted by Crippen LogP contribution is 2.32. The number of anilines is 1. The molecule has 0 unspecified atom stereocenters. The Morgan fingerprint density at radius 2 is 1.87 bits per heavy atom. The van der Waals surface area contributed by atoms with E-state index in [1.807, 2.05) is 0 Å². The minimum atomic E-state index is -1.10. The minimum Gasteiger partial charge on any atom is -0.478 e. The molecule has 2 N–H and O–H groups in total. The van der Waals surface area contributed by atoms with Crippen molar-refractivity contribution >= 4 is 23.6 Å². The summed E-state index contributed by atoms with van der Waals surface area (Å²) in [5, 5.41) is 11.6. The quantitative estimate of drug-likeness (QED) is 0.848. The van der Waals surface area contributed by atoms with E-state index in [4.69, 9.17) is 14.6 Å². The number of fused-ring (bicyclic) bond motifs is 1. The highest BCUT2D eigenvalue weighted by Gasteiger charge is 2.13. The van der Waals surface area contributed by atoms with Crippen molar-refractivity contribution in [2.24, 2.45) is 0 Å². The Balaban J connectivity index is 1.71. The maximum absolute atomic E-state index is 11.9. The van der Waals surface area contributed by atoms with E-state index in [0.717, 1.165) is 5.56 Å². The maximum atomic E-state index is 11.9. The van der Waals surface area contributed by atoms with Crippen molar-refractivity contribution in [3.63, 3.8) is 0 Å². The number of carbonyl (C=O) groups excluding carboxylic acids is 1. The van der Waals surface area contributed by atoms with Gasteiger partial charge in [-0.15, -0.1) is 0 Å². The number of ether oxygens (including phenoxy) is 2. The number of amides is 1. The number of carboxylic acid groups (broad SMARTS) is 1. The van der Waals surface area contributed by atoms with Gasteiger partial charge >= 0.3 is 5.97 Å². The smallest absolute Gasteiger partial charge is 0.337 e. The molecule has 6 heteroatoms. The standard InChI is InChI=1S/C17H13NO5/c19-16(18-13-4-2-1-3-12(13)17(20)21)8-6-11-5-7-14-15(9-11)23-10-22-14/h1-9H,10H2,(H,18,19)(H,20,21)/b8-6+. The van der Waals surface area contributed by atoms with Crippen molar-refractivity contribution in [3.8, 4) is 11.5 Å². The third-order valence-electron chi connectivity index (χ3n) is 3.24. The fraction of sp³-hybridized carbons (Fsp3) is 0.0588. The van der Waals surface area contributed by atoms with Crippen LogP contribution in [0.2, 0.25) is 0 Å². The minimum absolute atomic E-state index is 0.0392. The molecular formula is C17H13NO5. The predicted molar refractivity (Wildman–Crippen MR) is 83.6 cm³/mol. The van der Waals surface area contributed by atoms with E-state index < -0.39 is 11.9 Å². The molecular weight excluding hydrogens is 298 g/mol. The van der Waals surface area contributed by atoms with Crippen LogP contribution in [0.5, 0.6) is 11.5 Å². The van der Waals surface area contributed by atoms with Crippen LogP contribution in [0.1, 0.15) is 15.9 Å². The number of carbonyl (C=O) groups is 2. The van der Waals surface area contributed by atoms with Crippen LogP contribution < -0.4 is 14.8 Å². The Labute approximate surface area is 132 Å². The summed E-state index contributed by atoms with van der Waals surface area (Å²) in [6, 6.07) is 11.5. The number of hydrogen-bond donors (Lipinski definition) is 2. The number of nitrogens with one attached hydrogen (secondary N) is 1. The number of aromatic carboxylic acids is 1. The van der Waals surface area contributed by atoms with E-state index in [1.54, 1.807) is 36.4 Å². The van der Waals surface area contributed by atoms with Gasteiger partial charge in [0.15, 0.2) is 11.5 Å². The first-order chi connectivity index (χ1) is 11.1. The summed E-state index contributed by atoms with van der Waals surface area (Å²) in [5.41, 5.74) is 1.06. The predicted octanol–water partition coefficient (Wildman–Crippen LogP) is 2.77. The molecule has 0 aromatic heterocycles. The van der Waals surface area contributed by atoms with Gasteiger partial charge in [-0.2, -0.15) is 0 Å². The van der Waals surface area contributed by atoms with E-state index >= 15 is 0 Å². The van der Waals surface area contributed by atoms with E-state index in [9.17, 15) is 9.59 Å². The third kappa shape index (κ3) is 3.32. The highest BCUT2D eigenvalue weighted by molar-refractivity contribution is 6.06. The van der Waals surface area contributed by atoms with Crippen LogP contribution in [0.25, 0.3) is 6.08 Å². The van der Waals surface area contributed by atoms with E-state index in [-0.39, 0.29) is 18.0 Å². The van der Waals surface area contributed by atoms with Gasteiger partial charge in [-0.25, -0.2) is 4.79 Å². The van der Waals surface area contributed by atoms with E-state index in [1.165, 1.54) is 18.2 Å². The Bertz CT molecular complexity index is 797. The Morgan fingerprint density at radius 3 is 2.70 bits per heavy atom. The summed E-state index contributed by atoms with van der Waals surface area (Å²) < 4.78 is 10.5.